The average Bonchev–Trinajstić information content (AvgIpc) is 2.91. The maximum atomic E-state index is 10.2. The van der Waals surface area contributed by atoms with E-state index >= 15 is 0 Å². The lowest BCUT2D eigenvalue weighted by atomic mass is 10.2. The van der Waals surface area contributed by atoms with E-state index in [9.17, 15) is 4.79 Å². The first-order chi connectivity index (χ1) is 10.3. The fourth-order valence-electron chi connectivity index (χ4n) is 2.31. The summed E-state index contributed by atoms with van der Waals surface area (Å²) in [4.78, 5) is 12.6. The number of allylic oxidation sites excluding steroid dienone is 1. The van der Waals surface area contributed by atoms with Crippen LogP contribution in [0, 0.1) is 0 Å². The number of halogens is 1. The zero-order valence-corrected chi connectivity index (χ0v) is 15.4. The lowest BCUT2D eigenvalue weighted by Gasteiger charge is -2.25. The Kier molecular flexibility index (Phi) is 11.4. The molecule has 1 fully saturated rings. The van der Waals surface area contributed by atoms with E-state index < -0.39 is 5.97 Å². The highest BCUT2D eigenvalue weighted by molar-refractivity contribution is 6.13. The molecule has 0 aromatic carbocycles. The van der Waals surface area contributed by atoms with Crippen LogP contribution in [-0.4, -0.2) is 45.6 Å². The molecule has 0 saturated carbocycles. The average molecular weight is 333 g/mol. The van der Waals surface area contributed by atoms with E-state index in [4.69, 9.17) is 16.9 Å². The summed E-state index contributed by atoms with van der Waals surface area (Å²) in [6.07, 6.45) is 5.55. The molecule has 0 spiro atoms. The van der Waals surface area contributed by atoms with Crippen molar-refractivity contribution >= 4 is 17.7 Å². The van der Waals surface area contributed by atoms with Crippen LogP contribution in [0.1, 0.15) is 66.2 Å². The molecule has 0 bridgehead atoms. The van der Waals surface area contributed by atoms with Gasteiger partial charge in [-0.15, -0.1) is 0 Å². The largest absolute Gasteiger partial charge is 0.481 e. The van der Waals surface area contributed by atoms with Gasteiger partial charge in [-0.25, -0.2) is 4.42 Å². The van der Waals surface area contributed by atoms with Gasteiger partial charge in [-0.1, -0.05) is 20.4 Å². The molecular formula is C17H33ClN2O2. The van der Waals surface area contributed by atoms with Crippen molar-refractivity contribution in [3.63, 3.8) is 0 Å². The highest BCUT2D eigenvalue weighted by Gasteiger charge is 2.18. The number of carbonyl (C=O) groups is 1. The number of nitrogens with zero attached hydrogens (tertiary/aromatic N) is 2. The van der Waals surface area contributed by atoms with Crippen molar-refractivity contribution in [2.24, 2.45) is 0 Å². The molecule has 1 heterocycles. The van der Waals surface area contributed by atoms with Gasteiger partial charge in [0, 0.05) is 37.3 Å². The molecule has 1 rings (SSSR count). The number of likely N-dealkylation sites (tertiary alicyclic amines) is 1. The van der Waals surface area contributed by atoms with Crippen LogP contribution in [0.5, 0.6) is 0 Å². The molecule has 0 aromatic rings. The monoisotopic (exact) mass is 332 g/mol. The van der Waals surface area contributed by atoms with E-state index in [0.29, 0.717) is 25.0 Å². The number of rotatable bonds is 8. The molecule has 0 amide bonds. The van der Waals surface area contributed by atoms with Crippen LogP contribution in [0.4, 0.5) is 0 Å². The van der Waals surface area contributed by atoms with Gasteiger partial charge in [0.2, 0.25) is 0 Å². The molecule has 22 heavy (non-hydrogen) atoms. The Hall–Kier alpha value is -0.740. The minimum absolute atomic E-state index is 0.194. The number of aliphatic carboxylic acids is 1. The zero-order chi connectivity index (χ0) is 17.1. The first kappa shape index (κ1) is 21.3. The molecular weight excluding hydrogens is 300 g/mol. The Morgan fingerprint density at radius 3 is 2.45 bits per heavy atom. The second-order valence-corrected chi connectivity index (χ2v) is 6.43. The lowest BCUT2D eigenvalue weighted by molar-refractivity contribution is -0.137. The van der Waals surface area contributed by atoms with Crippen molar-refractivity contribution in [2.45, 2.75) is 78.3 Å². The Bertz CT molecular complexity index is 337. The van der Waals surface area contributed by atoms with Crippen molar-refractivity contribution in [3.8, 4) is 0 Å². The van der Waals surface area contributed by atoms with Gasteiger partial charge in [0.1, 0.15) is 0 Å². The highest BCUT2D eigenvalue weighted by Crippen LogP contribution is 2.22. The smallest absolute Gasteiger partial charge is 0.303 e. The fraction of sp³-hybridized carbons (Fsp3) is 0.824. The zero-order valence-electron chi connectivity index (χ0n) is 14.6. The molecule has 1 aliphatic heterocycles. The van der Waals surface area contributed by atoms with Crippen molar-refractivity contribution in [1.29, 1.82) is 0 Å². The van der Waals surface area contributed by atoms with Crippen LogP contribution in [-0.2, 0) is 4.79 Å². The predicted octanol–water partition coefficient (Wildman–Crippen LogP) is 4.50. The fourth-order valence-corrected chi connectivity index (χ4v) is 2.56. The Labute approximate surface area is 141 Å². The Morgan fingerprint density at radius 1 is 1.41 bits per heavy atom. The standard InChI is InChI=1S/C9H17N.C8H16ClNO2/c1-4-8(2)10-7-5-6-9(10)3;1-3-7(2)10(9)6-4-5-8(11)12/h8H,3-7H2,1-2H3;7H,3-6H2,1-2H3,(H,11,12). The van der Waals surface area contributed by atoms with Crippen LogP contribution >= 0.6 is 11.8 Å². The van der Waals surface area contributed by atoms with Gasteiger partial charge < -0.3 is 10.0 Å². The molecule has 1 N–H and O–H groups in total. The van der Waals surface area contributed by atoms with Gasteiger partial charge in [-0.2, -0.15) is 0 Å². The molecule has 2 atom stereocenters. The summed E-state index contributed by atoms with van der Waals surface area (Å²) < 4.78 is 1.67. The third-order valence-corrected chi connectivity index (χ3v) is 4.73. The van der Waals surface area contributed by atoms with Crippen LogP contribution in [0.3, 0.4) is 0 Å². The van der Waals surface area contributed by atoms with Crippen LogP contribution in [0.25, 0.3) is 0 Å². The summed E-state index contributed by atoms with van der Waals surface area (Å²) in [7, 11) is 0. The Morgan fingerprint density at radius 2 is 2.05 bits per heavy atom. The summed E-state index contributed by atoms with van der Waals surface area (Å²) in [5.41, 5.74) is 1.34. The van der Waals surface area contributed by atoms with Crippen molar-refractivity contribution < 1.29 is 9.90 Å². The van der Waals surface area contributed by atoms with E-state index in [2.05, 4.69) is 32.3 Å². The molecule has 4 nitrogen and oxygen atoms in total. The van der Waals surface area contributed by atoms with Gasteiger partial charge >= 0.3 is 5.97 Å². The van der Waals surface area contributed by atoms with Gasteiger partial charge in [-0.3, -0.25) is 4.79 Å². The van der Waals surface area contributed by atoms with E-state index in [1.807, 2.05) is 6.92 Å². The van der Waals surface area contributed by atoms with Gasteiger partial charge in [-0.05, 0) is 57.7 Å². The minimum atomic E-state index is -0.760. The lowest BCUT2D eigenvalue weighted by Crippen LogP contribution is -2.27. The third-order valence-electron chi connectivity index (χ3n) is 4.22. The second-order valence-electron chi connectivity index (χ2n) is 6.00. The van der Waals surface area contributed by atoms with Crippen LogP contribution in [0.15, 0.2) is 12.3 Å². The number of hydrogen-bond acceptors (Lipinski definition) is 3. The molecule has 0 aliphatic carbocycles. The normalized spacial score (nSPS) is 17.2. The maximum absolute atomic E-state index is 10.2. The minimum Gasteiger partial charge on any atom is -0.481 e. The molecule has 5 heteroatoms. The van der Waals surface area contributed by atoms with E-state index in [0.717, 1.165) is 6.42 Å². The van der Waals surface area contributed by atoms with Gasteiger partial charge in [0.15, 0.2) is 0 Å². The molecule has 130 valence electrons. The highest BCUT2D eigenvalue weighted by atomic mass is 35.5. The second kappa shape index (κ2) is 11.8. The summed E-state index contributed by atoms with van der Waals surface area (Å²) in [6, 6.07) is 1.02. The quantitative estimate of drug-likeness (QED) is 0.665. The first-order valence-corrected chi connectivity index (χ1v) is 8.75. The molecule has 2 unspecified atom stereocenters. The summed E-state index contributed by atoms with van der Waals surface area (Å²) in [5.74, 6) is -0.760. The van der Waals surface area contributed by atoms with Gasteiger partial charge in [0.25, 0.3) is 0 Å². The first-order valence-electron chi connectivity index (χ1n) is 8.42. The number of hydrogen-bond donors (Lipinski definition) is 1. The summed E-state index contributed by atoms with van der Waals surface area (Å²) in [5, 5.41) is 8.36. The van der Waals surface area contributed by atoms with Crippen molar-refractivity contribution in [1.82, 2.24) is 9.32 Å². The molecule has 1 saturated heterocycles. The predicted molar refractivity (Wildman–Crippen MR) is 94.0 cm³/mol. The van der Waals surface area contributed by atoms with Gasteiger partial charge in [0.05, 0.1) is 0 Å². The van der Waals surface area contributed by atoms with E-state index in [1.165, 1.54) is 31.5 Å². The topological polar surface area (TPSA) is 43.8 Å². The molecule has 1 aliphatic rings. The number of carboxylic acid groups (broad SMARTS) is 1. The van der Waals surface area contributed by atoms with Crippen LogP contribution < -0.4 is 0 Å². The van der Waals surface area contributed by atoms with Crippen LogP contribution in [0.2, 0.25) is 0 Å². The SMILES string of the molecule is C=C1CCCN1C(C)CC.CCC(C)N(Cl)CCCC(=O)O. The molecule has 0 radical (unpaired) electrons. The maximum Gasteiger partial charge on any atom is 0.303 e. The van der Waals surface area contributed by atoms with Crippen molar-refractivity contribution in [3.05, 3.63) is 12.3 Å². The third kappa shape index (κ3) is 8.64. The van der Waals surface area contributed by atoms with E-state index in [-0.39, 0.29) is 6.42 Å². The summed E-state index contributed by atoms with van der Waals surface area (Å²) in [6.45, 7) is 14.5. The van der Waals surface area contributed by atoms with Crippen molar-refractivity contribution in [2.75, 3.05) is 13.1 Å². The number of carboxylic acids is 1. The molecule has 0 aromatic heterocycles. The van der Waals surface area contributed by atoms with E-state index in [1.54, 1.807) is 4.42 Å². The summed E-state index contributed by atoms with van der Waals surface area (Å²) >= 11 is 5.86. The Balaban J connectivity index is 0.000000406.